The van der Waals surface area contributed by atoms with Crippen LogP contribution in [0.15, 0.2) is 34.2 Å². The minimum absolute atomic E-state index is 0.0354. The van der Waals surface area contributed by atoms with E-state index in [0.29, 0.717) is 0 Å². The molecule has 0 aromatic heterocycles. The summed E-state index contributed by atoms with van der Waals surface area (Å²) in [4.78, 5) is 3.59. The van der Waals surface area contributed by atoms with Crippen molar-refractivity contribution in [3.8, 4) is 0 Å². The highest BCUT2D eigenvalue weighted by molar-refractivity contribution is 7.90. The molecule has 0 unspecified atom stereocenters. The lowest BCUT2D eigenvalue weighted by Crippen LogP contribution is -2.33. The number of hydrogen-bond donors (Lipinski definition) is 1. The summed E-state index contributed by atoms with van der Waals surface area (Å²) in [6.45, 7) is 0. The van der Waals surface area contributed by atoms with Gasteiger partial charge in [-0.25, -0.2) is 8.42 Å². The van der Waals surface area contributed by atoms with Crippen molar-refractivity contribution in [1.29, 1.82) is 0 Å². The third-order valence-electron chi connectivity index (χ3n) is 3.24. The summed E-state index contributed by atoms with van der Waals surface area (Å²) in [6, 6.07) is 5.85. The molecule has 0 atom stereocenters. The average Bonchev–Trinajstić information content (AvgIpc) is 3.03. The van der Waals surface area contributed by atoms with E-state index >= 15 is 0 Å². The first kappa shape index (κ1) is 12.5. The molecular weight excluding hydrogens is 281 g/mol. The van der Waals surface area contributed by atoms with Crippen LogP contribution in [-0.4, -0.2) is 26.0 Å². The molecule has 102 valence electrons. The summed E-state index contributed by atoms with van der Waals surface area (Å²) in [5.41, 5.74) is -1.93. The zero-order valence-electron chi connectivity index (χ0n) is 9.53. The Kier molecular flexibility index (Phi) is 2.30. The van der Waals surface area contributed by atoms with E-state index in [2.05, 4.69) is 9.71 Å². The molecule has 2 aliphatic rings. The minimum Gasteiger partial charge on any atom is -0.263 e. The first-order valence-electron chi connectivity index (χ1n) is 5.54. The van der Waals surface area contributed by atoms with Gasteiger partial charge in [-0.05, 0) is 25.0 Å². The monoisotopic (exact) mass is 290 g/mol. The summed E-state index contributed by atoms with van der Waals surface area (Å²) >= 11 is 0. The van der Waals surface area contributed by atoms with Crippen LogP contribution in [0.1, 0.15) is 18.4 Å². The number of amidine groups is 1. The Balaban J connectivity index is 2.11. The van der Waals surface area contributed by atoms with Crippen LogP contribution in [0.4, 0.5) is 13.2 Å². The summed E-state index contributed by atoms with van der Waals surface area (Å²) in [5, 5.41) is 0. The fourth-order valence-corrected chi connectivity index (χ4v) is 3.24. The lowest BCUT2D eigenvalue weighted by atomic mass is 10.2. The van der Waals surface area contributed by atoms with Crippen LogP contribution >= 0.6 is 0 Å². The second-order valence-electron chi connectivity index (χ2n) is 4.59. The lowest BCUT2D eigenvalue weighted by Gasteiger charge is -2.15. The van der Waals surface area contributed by atoms with Gasteiger partial charge in [-0.1, -0.05) is 12.1 Å². The molecule has 0 bridgehead atoms. The molecule has 4 nitrogen and oxygen atoms in total. The van der Waals surface area contributed by atoms with Gasteiger partial charge < -0.3 is 0 Å². The summed E-state index contributed by atoms with van der Waals surface area (Å²) in [6.07, 6.45) is -4.67. The van der Waals surface area contributed by atoms with Crippen LogP contribution in [0.3, 0.4) is 0 Å². The fourth-order valence-electron chi connectivity index (χ4n) is 2.01. The number of benzene rings is 1. The number of nitrogens with zero attached hydrogens (tertiary/aromatic N) is 1. The molecule has 1 aliphatic heterocycles. The topological polar surface area (TPSA) is 58.5 Å². The highest BCUT2D eigenvalue weighted by atomic mass is 32.2. The van der Waals surface area contributed by atoms with Crippen LogP contribution in [0.5, 0.6) is 0 Å². The van der Waals surface area contributed by atoms with Crippen molar-refractivity contribution >= 4 is 15.9 Å². The number of hydrogen-bond acceptors (Lipinski definition) is 3. The molecule has 19 heavy (non-hydrogen) atoms. The van der Waals surface area contributed by atoms with Crippen molar-refractivity contribution in [1.82, 2.24) is 4.72 Å². The summed E-state index contributed by atoms with van der Waals surface area (Å²) < 4.78 is 64.1. The smallest absolute Gasteiger partial charge is 0.263 e. The van der Waals surface area contributed by atoms with Gasteiger partial charge in [0.2, 0.25) is 0 Å². The second-order valence-corrected chi connectivity index (χ2v) is 6.24. The third-order valence-corrected chi connectivity index (χ3v) is 4.64. The number of rotatable bonds is 1. The fraction of sp³-hybridized carbons (Fsp3) is 0.364. The average molecular weight is 290 g/mol. The largest absolute Gasteiger partial charge is 0.413 e. The summed E-state index contributed by atoms with van der Waals surface area (Å²) in [7, 11) is -3.79. The van der Waals surface area contributed by atoms with Crippen molar-refractivity contribution in [3.05, 3.63) is 29.8 Å². The van der Waals surface area contributed by atoms with Gasteiger partial charge in [0.1, 0.15) is 5.84 Å². The van der Waals surface area contributed by atoms with Gasteiger partial charge in [-0.15, -0.1) is 0 Å². The zero-order valence-corrected chi connectivity index (χ0v) is 10.3. The van der Waals surface area contributed by atoms with Crippen molar-refractivity contribution in [2.45, 2.75) is 29.5 Å². The van der Waals surface area contributed by atoms with Gasteiger partial charge in [0.05, 0.1) is 4.90 Å². The first-order valence-corrected chi connectivity index (χ1v) is 7.02. The van der Waals surface area contributed by atoms with E-state index in [-0.39, 0.29) is 29.1 Å². The highest BCUT2D eigenvalue weighted by Gasteiger charge is 2.64. The van der Waals surface area contributed by atoms with Crippen LogP contribution in [0.2, 0.25) is 0 Å². The Bertz CT molecular complexity index is 675. The van der Waals surface area contributed by atoms with Crippen molar-refractivity contribution in [2.24, 2.45) is 4.99 Å². The number of sulfonamides is 1. The lowest BCUT2D eigenvalue weighted by molar-refractivity contribution is -0.155. The molecule has 1 N–H and O–H groups in total. The number of aliphatic imine (C=N–C) groups is 1. The van der Waals surface area contributed by atoms with Crippen LogP contribution in [0, 0.1) is 0 Å². The van der Waals surface area contributed by atoms with Gasteiger partial charge >= 0.3 is 6.18 Å². The van der Waals surface area contributed by atoms with E-state index < -0.39 is 21.7 Å². The van der Waals surface area contributed by atoms with Gasteiger partial charge in [0.25, 0.3) is 10.0 Å². The maximum absolute atomic E-state index is 12.8. The first-order chi connectivity index (χ1) is 8.75. The molecule has 0 amide bonds. The number of fused-ring (bicyclic) bond motifs is 1. The predicted molar refractivity (Wildman–Crippen MR) is 61.3 cm³/mol. The highest BCUT2D eigenvalue weighted by Crippen LogP contribution is 2.52. The van der Waals surface area contributed by atoms with Crippen LogP contribution < -0.4 is 4.72 Å². The normalized spacial score (nSPS) is 24.9. The van der Waals surface area contributed by atoms with Gasteiger partial charge in [-0.3, -0.25) is 9.71 Å². The molecule has 1 fully saturated rings. The zero-order chi connectivity index (χ0) is 13.9. The van der Waals surface area contributed by atoms with Crippen LogP contribution in [-0.2, 0) is 10.0 Å². The van der Waals surface area contributed by atoms with Gasteiger partial charge in [-0.2, -0.15) is 13.2 Å². The van der Waals surface area contributed by atoms with Crippen molar-refractivity contribution in [3.63, 3.8) is 0 Å². The van der Waals surface area contributed by atoms with Gasteiger partial charge in [0, 0.05) is 5.56 Å². The second kappa shape index (κ2) is 3.50. The Hall–Kier alpha value is -1.57. The maximum atomic E-state index is 12.8. The number of halogens is 3. The number of alkyl halides is 3. The quantitative estimate of drug-likeness (QED) is 0.857. The van der Waals surface area contributed by atoms with Crippen LogP contribution in [0.25, 0.3) is 0 Å². The SMILES string of the molecule is O=S1(=O)NC(=NC2(C(F)(F)F)CC2)c2ccccc21. The standard InChI is InChI=1S/C11H9F3N2O2S/c12-11(13,14)10(5-6-10)15-9-7-3-1-2-4-8(7)19(17,18)16-9/h1-4H,5-6H2,(H,15,16). The molecule has 1 aliphatic carbocycles. The van der Waals surface area contributed by atoms with E-state index in [1.165, 1.54) is 18.2 Å². The molecule has 0 spiro atoms. The van der Waals surface area contributed by atoms with E-state index in [0.717, 1.165) is 0 Å². The van der Waals surface area contributed by atoms with Gasteiger partial charge in [0.15, 0.2) is 5.54 Å². The third kappa shape index (κ3) is 1.81. The van der Waals surface area contributed by atoms with E-state index in [9.17, 15) is 21.6 Å². The molecule has 0 radical (unpaired) electrons. The predicted octanol–water partition coefficient (Wildman–Crippen LogP) is 1.82. The Morgan fingerprint density at radius 1 is 1.21 bits per heavy atom. The van der Waals surface area contributed by atoms with E-state index in [1.54, 1.807) is 6.07 Å². The summed E-state index contributed by atoms with van der Waals surface area (Å²) in [5.74, 6) is -0.217. The molecule has 1 heterocycles. The van der Waals surface area contributed by atoms with E-state index in [1.807, 2.05) is 0 Å². The Morgan fingerprint density at radius 3 is 2.42 bits per heavy atom. The molecular formula is C11H9F3N2O2S. The van der Waals surface area contributed by atoms with E-state index in [4.69, 9.17) is 0 Å². The molecule has 0 saturated heterocycles. The molecule has 8 heteroatoms. The molecule has 3 rings (SSSR count). The molecule has 1 saturated carbocycles. The Labute approximate surface area is 107 Å². The minimum atomic E-state index is -4.46. The maximum Gasteiger partial charge on any atom is 0.413 e. The molecule has 1 aromatic carbocycles. The molecule has 1 aromatic rings. The Morgan fingerprint density at radius 2 is 1.84 bits per heavy atom. The van der Waals surface area contributed by atoms with Crippen molar-refractivity contribution in [2.75, 3.05) is 0 Å². The number of nitrogens with one attached hydrogen (secondary N) is 1. The van der Waals surface area contributed by atoms with Crippen molar-refractivity contribution < 1.29 is 21.6 Å².